The first kappa shape index (κ1) is 16.6. The fourth-order valence-electron chi connectivity index (χ4n) is 2.39. The van der Waals surface area contributed by atoms with Crippen molar-refractivity contribution in [2.45, 2.75) is 6.92 Å². The second-order valence-electron chi connectivity index (χ2n) is 5.45. The predicted octanol–water partition coefficient (Wildman–Crippen LogP) is 3.21. The summed E-state index contributed by atoms with van der Waals surface area (Å²) in [6, 6.07) is 15.2. The number of aromatic nitrogens is 2. The molecule has 0 aliphatic heterocycles. The zero-order chi connectivity index (χ0) is 17.6. The van der Waals surface area contributed by atoms with E-state index >= 15 is 0 Å². The molecule has 0 aliphatic rings. The Hall–Kier alpha value is -3.28. The quantitative estimate of drug-likeness (QED) is 0.750. The number of benzene rings is 2. The van der Waals surface area contributed by atoms with Crippen LogP contribution in [0.5, 0.6) is 11.5 Å². The van der Waals surface area contributed by atoms with Gasteiger partial charge in [0.15, 0.2) is 18.1 Å². The number of hydrogen-bond acceptors (Lipinski definition) is 4. The first-order valence-electron chi connectivity index (χ1n) is 7.83. The molecule has 0 aliphatic carbocycles. The summed E-state index contributed by atoms with van der Waals surface area (Å²) < 4.78 is 12.6. The first-order chi connectivity index (χ1) is 12.2. The van der Waals surface area contributed by atoms with Crippen LogP contribution in [0.3, 0.4) is 0 Å². The monoisotopic (exact) mass is 337 g/mol. The molecule has 25 heavy (non-hydrogen) atoms. The molecule has 6 nitrogen and oxygen atoms in total. The van der Waals surface area contributed by atoms with Crippen LogP contribution in [0.25, 0.3) is 5.69 Å². The van der Waals surface area contributed by atoms with Crippen molar-refractivity contribution in [3.8, 4) is 17.2 Å². The fraction of sp³-hybridized carbons (Fsp3) is 0.158. The van der Waals surface area contributed by atoms with Crippen molar-refractivity contribution in [1.29, 1.82) is 0 Å². The molecule has 0 saturated carbocycles. The summed E-state index contributed by atoms with van der Waals surface area (Å²) in [6.07, 6.45) is 3.42. The van der Waals surface area contributed by atoms with Crippen molar-refractivity contribution in [3.05, 3.63) is 66.5 Å². The lowest BCUT2D eigenvalue weighted by molar-refractivity contribution is -0.118. The number of anilines is 1. The van der Waals surface area contributed by atoms with Crippen LogP contribution in [0, 0.1) is 6.92 Å². The third kappa shape index (κ3) is 3.98. The van der Waals surface area contributed by atoms with E-state index in [1.165, 1.54) is 0 Å². The summed E-state index contributed by atoms with van der Waals surface area (Å²) in [5.74, 6) is 1.26. The van der Waals surface area contributed by atoms with E-state index < -0.39 is 0 Å². The number of rotatable bonds is 6. The average molecular weight is 337 g/mol. The molecule has 128 valence electrons. The third-order valence-electron chi connectivity index (χ3n) is 3.60. The molecule has 2 aromatic carbocycles. The highest BCUT2D eigenvalue weighted by Crippen LogP contribution is 2.27. The minimum Gasteiger partial charge on any atom is -0.493 e. The van der Waals surface area contributed by atoms with Crippen LogP contribution in [0.4, 0.5) is 5.95 Å². The molecule has 3 aromatic rings. The van der Waals surface area contributed by atoms with Crippen LogP contribution in [0.2, 0.25) is 0 Å². The highest BCUT2D eigenvalue weighted by Gasteiger charge is 2.11. The second kappa shape index (κ2) is 7.53. The van der Waals surface area contributed by atoms with Gasteiger partial charge in [0, 0.05) is 18.1 Å². The van der Waals surface area contributed by atoms with Crippen LogP contribution in [-0.2, 0) is 4.79 Å². The van der Waals surface area contributed by atoms with Gasteiger partial charge >= 0.3 is 0 Å². The van der Waals surface area contributed by atoms with E-state index in [4.69, 9.17) is 9.47 Å². The summed E-state index contributed by atoms with van der Waals surface area (Å²) in [4.78, 5) is 16.4. The van der Waals surface area contributed by atoms with Gasteiger partial charge in [-0.3, -0.25) is 14.7 Å². The Balaban J connectivity index is 1.66. The Morgan fingerprint density at radius 1 is 1.16 bits per heavy atom. The Morgan fingerprint density at radius 2 is 1.96 bits per heavy atom. The molecule has 3 rings (SSSR count). The zero-order valence-corrected chi connectivity index (χ0v) is 14.1. The highest BCUT2D eigenvalue weighted by molar-refractivity contribution is 5.90. The van der Waals surface area contributed by atoms with Gasteiger partial charge in [0.1, 0.15) is 0 Å². The maximum atomic E-state index is 12.2. The number of methoxy groups -OCH3 is 1. The van der Waals surface area contributed by atoms with E-state index in [0.29, 0.717) is 17.4 Å². The molecule has 1 N–H and O–H groups in total. The number of aryl methyl sites for hydroxylation is 1. The Bertz CT molecular complexity index is 859. The summed E-state index contributed by atoms with van der Waals surface area (Å²) in [5.41, 5.74) is 1.97. The molecular formula is C19H19N3O3. The number of nitrogens with one attached hydrogen (secondary N) is 1. The van der Waals surface area contributed by atoms with Crippen molar-refractivity contribution >= 4 is 11.9 Å². The summed E-state index contributed by atoms with van der Waals surface area (Å²) in [6.45, 7) is 1.82. The maximum absolute atomic E-state index is 12.2. The van der Waals surface area contributed by atoms with Gasteiger partial charge < -0.3 is 9.47 Å². The van der Waals surface area contributed by atoms with Gasteiger partial charge in [-0.25, -0.2) is 4.98 Å². The minimum atomic E-state index is -0.300. The van der Waals surface area contributed by atoms with E-state index in [9.17, 15) is 4.79 Å². The number of imidazole rings is 1. The minimum absolute atomic E-state index is 0.138. The molecule has 1 aromatic heterocycles. The zero-order valence-electron chi connectivity index (χ0n) is 14.1. The van der Waals surface area contributed by atoms with Gasteiger partial charge in [0.2, 0.25) is 5.95 Å². The lowest BCUT2D eigenvalue weighted by Crippen LogP contribution is -2.22. The molecule has 1 heterocycles. The largest absolute Gasteiger partial charge is 0.493 e. The molecule has 0 unspecified atom stereocenters. The van der Waals surface area contributed by atoms with Gasteiger partial charge in [-0.1, -0.05) is 24.3 Å². The lowest BCUT2D eigenvalue weighted by Gasteiger charge is -2.12. The van der Waals surface area contributed by atoms with Gasteiger partial charge in [0.05, 0.1) is 7.11 Å². The molecular weight excluding hydrogens is 318 g/mol. The van der Waals surface area contributed by atoms with Crippen molar-refractivity contribution < 1.29 is 14.3 Å². The number of para-hydroxylation sites is 1. The van der Waals surface area contributed by atoms with Crippen LogP contribution in [0.1, 0.15) is 5.56 Å². The van der Waals surface area contributed by atoms with Crippen LogP contribution >= 0.6 is 0 Å². The van der Waals surface area contributed by atoms with Gasteiger partial charge in [-0.05, 0) is 36.8 Å². The van der Waals surface area contributed by atoms with Gasteiger partial charge in [-0.15, -0.1) is 0 Å². The molecule has 0 fully saturated rings. The first-order valence-corrected chi connectivity index (χ1v) is 7.83. The van der Waals surface area contributed by atoms with Crippen LogP contribution in [-0.4, -0.2) is 29.2 Å². The van der Waals surface area contributed by atoms with E-state index in [1.807, 2.05) is 49.4 Å². The number of amides is 1. The standard InChI is InChI=1S/C19H19N3O3/c1-14-8-9-16(17(12-14)24-2)25-13-18(23)21-19-20-10-11-22(19)15-6-4-3-5-7-15/h3-12H,13H2,1-2H3,(H,20,21,23). The topological polar surface area (TPSA) is 65.4 Å². The number of ether oxygens (including phenoxy) is 2. The normalized spacial score (nSPS) is 10.3. The molecule has 0 bridgehead atoms. The number of hydrogen-bond donors (Lipinski definition) is 1. The molecule has 0 saturated heterocycles. The molecule has 0 radical (unpaired) electrons. The summed E-state index contributed by atoms with van der Waals surface area (Å²) >= 11 is 0. The maximum Gasteiger partial charge on any atom is 0.264 e. The number of carbonyl (C=O) groups is 1. The summed E-state index contributed by atoms with van der Waals surface area (Å²) in [5, 5.41) is 2.76. The van der Waals surface area contributed by atoms with Crippen LogP contribution < -0.4 is 14.8 Å². The van der Waals surface area contributed by atoms with E-state index in [2.05, 4.69) is 10.3 Å². The molecule has 0 spiro atoms. The van der Waals surface area contributed by atoms with Crippen molar-refractivity contribution in [1.82, 2.24) is 9.55 Å². The molecule has 0 atom stereocenters. The van der Waals surface area contributed by atoms with E-state index in [0.717, 1.165) is 11.3 Å². The summed E-state index contributed by atoms with van der Waals surface area (Å²) in [7, 11) is 1.57. The van der Waals surface area contributed by atoms with Crippen molar-refractivity contribution in [2.24, 2.45) is 0 Å². The Labute approximate surface area is 146 Å². The van der Waals surface area contributed by atoms with Crippen molar-refractivity contribution in [3.63, 3.8) is 0 Å². The van der Waals surface area contributed by atoms with E-state index in [-0.39, 0.29) is 12.5 Å². The molecule has 6 heteroatoms. The average Bonchev–Trinajstić information content (AvgIpc) is 3.09. The fourth-order valence-corrected chi connectivity index (χ4v) is 2.39. The van der Waals surface area contributed by atoms with E-state index in [1.54, 1.807) is 30.1 Å². The Morgan fingerprint density at radius 3 is 2.72 bits per heavy atom. The number of nitrogens with zero attached hydrogens (tertiary/aromatic N) is 2. The lowest BCUT2D eigenvalue weighted by atomic mass is 10.2. The second-order valence-corrected chi connectivity index (χ2v) is 5.45. The third-order valence-corrected chi connectivity index (χ3v) is 3.60. The van der Waals surface area contributed by atoms with Crippen molar-refractivity contribution in [2.75, 3.05) is 19.0 Å². The van der Waals surface area contributed by atoms with Gasteiger partial charge in [0.25, 0.3) is 5.91 Å². The predicted molar refractivity (Wildman–Crippen MR) is 95.4 cm³/mol. The molecule has 1 amide bonds. The smallest absolute Gasteiger partial charge is 0.264 e. The SMILES string of the molecule is COc1cc(C)ccc1OCC(=O)Nc1nccn1-c1ccccc1. The number of carbonyl (C=O) groups excluding carboxylic acids is 1. The van der Waals surface area contributed by atoms with Crippen LogP contribution in [0.15, 0.2) is 60.9 Å². The van der Waals surface area contributed by atoms with Gasteiger partial charge in [-0.2, -0.15) is 0 Å². The highest BCUT2D eigenvalue weighted by atomic mass is 16.5. The Kier molecular flexibility index (Phi) is 4.99.